The van der Waals surface area contributed by atoms with E-state index in [0.717, 1.165) is 29.0 Å². The fourth-order valence-electron chi connectivity index (χ4n) is 1.61. The van der Waals surface area contributed by atoms with Gasteiger partial charge in [-0.05, 0) is 28.3 Å². The SMILES string of the molecule is CC(CCO)CNc1nc(Br)cn2ccnc12. The maximum atomic E-state index is 8.85. The molecule has 6 heteroatoms. The first-order valence-electron chi connectivity index (χ1n) is 5.54. The van der Waals surface area contributed by atoms with Crippen molar-refractivity contribution in [3.63, 3.8) is 0 Å². The summed E-state index contributed by atoms with van der Waals surface area (Å²) in [5.41, 5.74) is 0.810. The molecule has 2 aromatic rings. The summed E-state index contributed by atoms with van der Waals surface area (Å²) in [7, 11) is 0. The van der Waals surface area contributed by atoms with Crippen LogP contribution in [-0.4, -0.2) is 32.6 Å². The summed E-state index contributed by atoms with van der Waals surface area (Å²) in [5.74, 6) is 1.16. The minimum Gasteiger partial charge on any atom is -0.396 e. The van der Waals surface area contributed by atoms with E-state index in [2.05, 4.69) is 38.1 Å². The van der Waals surface area contributed by atoms with E-state index in [4.69, 9.17) is 5.11 Å². The molecule has 0 radical (unpaired) electrons. The van der Waals surface area contributed by atoms with Crippen LogP contribution in [0.5, 0.6) is 0 Å². The van der Waals surface area contributed by atoms with Crippen molar-refractivity contribution in [3.8, 4) is 0 Å². The van der Waals surface area contributed by atoms with Crippen LogP contribution in [0.4, 0.5) is 5.82 Å². The molecule has 0 fully saturated rings. The summed E-state index contributed by atoms with van der Waals surface area (Å²) < 4.78 is 2.68. The van der Waals surface area contributed by atoms with Gasteiger partial charge in [-0.2, -0.15) is 0 Å². The normalized spacial score (nSPS) is 12.9. The van der Waals surface area contributed by atoms with Crippen molar-refractivity contribution in [3.05, 3.63) is 23.2 Å². The maximum absolute atomic E-state index is 8.85. The minimum absolute atomic E-state index is 0.216. The molecule has 0 saturated carbocycles. The minimum atomic E-state index is 0.216. The third-order valence-corrected chi connectivity index (χ3v) is 2.97. The highest BCUT2D eigenvalue weighted by Gasteiger charge is 2.07. The largest absolute Gasteiger partial charge is 0.396 e. The van der Waals surface area contributed by atoms with Crippen molar-refractivity contribution in [1.29, 1.82) is 0 Å². The molecule has 0 spiro atoms. The number of imidazole rings is 1. The van der Waals surface area contributed by atoms with E-state index in [1.807, 2.05) is 16.8 Å². The lowest BCUT2D eigenvalue weighted by Gasteiger charge is -2.12. The Kier molecular flexibility index (Phi) is 3.96. The first-order valence-corrected chi connectivity index (χ1v) is 6.34. The van der Waals surface area contributed by atoms with E-state index in [-0.39, 0.29) is 6.61 Å². The molecule has 92 valence electrons. The smallest absolute Gasteiger partial charge is 0.180 e. The van der Waals surface area contributed by atoms with Crippen molar-refractivity contribution in [1.82, 2.24) is 14.4 Å². The van der Waals surface area contributed by atoms with Gasteiger partial charge in [-0.15, -0.1) is 0 Å². The molecule has 0 aromatic carbocycles. The predicted octanol–water partition coefficient (Wildman–Crippen LogP) is 1.92. The van der Waals surface area contributed by atoms with E-state index >= 15 is 0 Å². The highest BCUT2D eigenvalue weighted by atomic mass is 79.9. The number of aliphatic hydroxyl groups excluding tert-OH is 1. The molecule has 0 bridgehead atoms. The molecule has 1 unspecified atom stereocenters. The van der Waals surface area contributed by atoms with Gasteiger partial charge in [-0.1, -0.05) is 6.92 Å². The summed E-state index contributed by atoms with van der Waals surface area (Å²) in [4.78, 5) is 8.62. The molecule has 2 rings (SSSR count). The molecule has 2 heterocycles. The number of nitrogens with zero attached hydrogens (tertiary/aromatic N) is 3. The molecule has 0 aliphatic carbocycles. The molecule has 0 aliphatic heterocycles. The topological polar surface area (TPSA) is 62.5 Å². The quantitative estimate of drug-likeness (QED) is 0.885. The monoisotopic (exact) mass is 298 g/mol. The number of fused-ring (bicyclic) bond motifs is 1. The Hall–Kier alpha value is -1.14. The molecule has 2 aromatic heterocycles. The molecule has 0 amide bonds. The van der Waals surface area contributed by atoms with Gasteiger partial charge in [0.25, 0.3) is 0 Å². The lowest BCUT2D eigenvalue weighted by atomic mass is 10.1. The van der Waals surface area contributed by atoms with Crippen molar-refractivity contribution in [2.75, 3.05) is 18.5 Å². The third-order valence-electron chi connectivity index (χ3n) is 2.58. The molecule has 2 N–H and O–H groups in total. The van der Waals surface area contributed by atoms with E-state index in [0.29, 0.717) is 5.92 Å². The Balaban J connectivity index is 2.14. The van der Waals surface area contributed by atoms with E-state index in [1.54, 1.807) is 6.20 Å². The van der Waals surface area contributed by atoms with Crippen molar-refractivity contribution >= 4 is 27.4 Å². The van der Waals surface area contributed by atoms with Crippen LogP contribution >= 0.6 is 15.9 Å². The molecule has 5 nitrogen and oxygen atoms in total. The lowest BCUT2D eigenvalue weighted by Crippen LogP contribution is -2.14. The Morgan fingerprint density at radius 1 is 1.59 bits per heavy atom. The summed E-state index contributed by atoms with van der Waals surface area (Å²) in [6.45, 7) is 3.07. The van der Waals surface area contributed by atoms with Crippen molar-refractivity contribution < 1.29 is 5.11 Å². The van der Waals surface area contributed by atoms with Gasteiger partial charge in [-0.3, -0.25) is 0 Å². The summed E-state index contributed by atoms with van der Waals surface area (Å²) in [5, 5.41) is 12.1. The maximum Gasteiger partial charge on any atom is 0.180 e. The Morgan fingerprint density at radius 3 is 3.18 bits per heavy atom. The van der Waals surface area contributed by atoms with Gasteiger partial charge in [0.15, 0.2) is 11.5 Å². The van der Waals surface area contributed by atoms with Crippen LogP contribution in [0.1, 0.15) is 13.3 Å². The van der Waals surface area contributed by atoms with Gasteiger partial charge in [0, 0.05) is 31.7 Å². The molecule has 17 heavy (non-hydrogen) atoms. The highest BCUT2D eigenvalue weighted by molar-refractivity contribution is 9.10. The van der Waals surface area contributed by atoms with Gasteiger partial charge in [0.1, 0.15) is 4.60 Å². The molecule has 0 saturated heterocycles. The average molecular weight is 299 g/mol. The van der Waals surface area contributed by atoms with E-state index in [9.17, 15) is 0 Å². The number of nitrogens with one attached hydrogen (secondary N) is 1. The fraction of sp³-hybridized carbons (Fsp3) is 0.455. The fourth-order valence-corrected chi connectivity index (χ4v) is 2.01. The van der Waals surface area contributed by atoms with Gasteiger partial charge in [-0.25, -0.2) is 9.97 Å². The predicted molar refractivity (Wildman–Crippen MR) is 70.0 cm³/mol. The second-order valence-corrected chi connectivity index (χ2v) is 4.88. The number of hydrogen-bond acceptors (Lipinski definition) is 4. The van der Waals surface area contributed by atoms with Crippen LogP contribution in [0.15, 0.2) is 23.2 Å². The zero-order valence-corrected chi connectivity index (χ0v) is 11.2. The number of aliphatic hydroxyl groups is 1. The second-order valence-electron chi connectivity index (χ2n) is 4.07. The summed E-state index contributed by atoms with van der Waals surface area (Å²) >= 11 is 3.37. The Morgan fingerprint density at radius 2 is 2.41 bits per heavy atom. The number of aromatic nitrogens is 3. The van der Waals surface area contributed by atoms with Gasteiger partial charge in [0.05, 0.1) is 0 Å². The standard InChI is InChI=1S/C11H15BrN4O/c1-8(2-5-17)6-14-10-11-13-3-4-16(11)7-9(12)15-10/h3-4,7-8,17H,2,5-6H2,1H3,(H,14,15). The van der Waals surface area contributed by atoms with Gasteiger partial charge >= 0.3 is 0 Å². The Bertz CT molecular complexity index is 499. The summed E-state index contributed by atoms with van der Waals surface area (Å²) in [6.07, 6.45) is 6.27. The van der Waals surface area contributed by atoms with E-state index in [1.165, 1.54) is 0 Å². The number of anilines is 1. The summed E-state index contributed by atoms with van der Waals surface area (Å²) in [6, 6.07) is 0. The number of hydrogen-bond donors (Lipinski definition) is 2. The lowest BCUT2D eigenvalue weighted by molar-refractivity contribution is 0.266. The first-order chi connectivity index (χ1) is 8.20. The molecular formula is C11H15BrN4O. The zero-order valence-electron chi connectivity index (χ0n) is 9.60. The van der Waals surface area contributed by atoms with Crippen LogP contribution in [0.25, 0.3) is 5.65 Å². The number of rotatable bonds is 5. The van der Waals surface area contributed by atoms with Crippen molar-refractivity contribution in [2.45, 2.75) is 13.3 Å². The van der Waals surface area contributed by atoms with Crippen LogP contribution in [-0.2, 0) is 0 Å². The van der Waals surface area contributed by atoms with Crippen LogP contribution in [0.2, 0.25) is 0 Å². The van der Waals surface area contributed by atoms with Crippen molar-refractivity contribution in [2.24, 2.45) is 5.92 Å². The highest BCUT2D eigenvalue weighted by Crippen LogP contribution is 2.17. The zero-order chi connectivity index (χ0) is 12.3. The van der Waals surface area contributed by atoms with Crippen LogP contribution in [0.3, 0.4) is 0 Å². The third kappa shape index (κ3) is 2.95. The van der Waals surface area contributed by atoms with Crippen LogP contribution < -0.4 is 5.32 Å². The van der Waals surface area contributed by atoms with E-state index < -0.39 is 0 Å². The molecular weight excluding hydrogens is 284 g/mol. The second kappa shape index (κ2) is 5.46. The molecule has 0 aliphatic rings. The van der Waals surface area contributed by atoms with Gasteiger partial charge < -0.3 is 14.8 Å². The first kappa shape index (κ1) is 12.3. The Labute approximate surface area is 108 Å². The van der Waals surface area contributed by atoms with Crippen LogP contribution in [0, 0.1) is 5.92 Å². The van der Waals surface area contributed by atoms with Gasteiger partial charge in [0.2, 0.25) is 0 Å². The number of halogens is 1. The molecule has 1 atom stereocenters. The average Bonchev–Trinajstić information content (AvgIpc) is 2.74.